The first-order valence-electron chi connectivity index (χ1n) is 7.28. The Morgan fingerprint density at radius 3 is 2.71 bits per heavy atom. The number of carboxylic acid groups (broad SMARTS) is 1. The SMILES string of the molecule is CC(C)(c1ccccc1)c1nc2c(s1)CCCC2C(=O)O. The smallest absolute Gasteiger partial charge is 0.312 e. The molecule has 4 heteroatoms. The number of hydrogen-bond acceptors (Lipinski definition) is 3. The number of aromatic nitrogens is 1. The van der Waals surface area contributed by atoms with Gasteiger partial charge >= 0.3 is 5.97 Å². The molecule has 3 nitrogen and oxygen atoms in total. The van der Waals surface area contributed by atoms with Crippen LogP contribution in [0.4, 0.5) is 0 Å². The monoisotopic (exact) mass is 301 g/mol. The van der Waals surface area contributed by atoms with E-state index in [2.05, 4.69) is 26.0 Å². The van der Waals surface area contributed by atoms with Crippen molar-refractivity contribution in [3.8, 4) is 0 Å². The summed E-state index contributed by atoms with van der Waals surface area (Å²) in [7, 11) is 0. The van der Waals surface area contributed by atoms with Gasteiger partial charge in [-0.2, -0.15) is 0 Å². The molecule has 1 aromatic heterocycles. The molecule has 0 spiro atoms. The summed E-state index contributed by atoms with van der Waals surface area (Å²) < 4.78 is 0. The molecule has 3 rings (SSSR count). The lowest BCUT2D eigenvalue weighted by molar-refractivity contribution is -0.139. The largest absolute Gasteiger partial charge is 0.481 e. The number of carboxylic acids is 1. The van der Waals surface area contributed by atoms with E-state index in [-0.39, 0.29) is 5.41 Å². The van der Waals surface area contributed by atoms with Gasteiger partial charge in [-0.05, 0) is 38.7 Å². The molecule has 1 atom stereocenters. The molecule has 2 aromatic rings. The molecule has 21 heavy (non-hydrogen) atoms. The van der Waals surface area contributed by atoms with Crippen LogP contribution in [0.25, 0.3) is 0 Å². The highest BCUT2D eigenvalue weighted by Gasteiger charge is 2.34. The van der Waals surface area contributed by atoms with Gasteiger partial charge in [-0.25, -0.2) is 4.98 Å². The third-order valence-corrected chi connectivity index (χ3v) is 5.74. The number of hydrogen-bond donors (Lipinski definition) is 1. The Morgan fingerprint density at radius 1 is 1.33 bits per heavy atom. The van der Waals surface area contributed by atoms with Crippen molar-refractivity contribution >= 4 is 17.3 Å². The molecule has 1 aliphatic rings. The molecule has 1 N–H and O–H groups in total. The third kappa shape index (κ3) is 2.48. The number of thiazole rings is 1. The first-order valence-corrected chi connectivity index (χ1v) is 8.10. The lowest BCUT2D eigenvalue weighted by Gasteiger charge is -2.22. The summed E-state index contributed by atoms with van der Waals surface area (Å²) in [4.78, 5) is 17.3. The van der Waals surface area contributed by atoms with E-state index >= 15 is 0 Å². The van der Waals surface area contributed by atoms with Gasteiger partial charge in [0.2, 0.25) is 0 Å². The van der Waals surface area contributed by atoms with Crippen molar-refractivity contribution in [3.05, 3.63) is 51.5 Å². The Bertz CT molecular complexity index is 661. The van der Waals surface area contributed by atoms with E-state index in [4.69, 9.17) is 4.98 Å². The van der Waals surface area contributed by atoms with Crippen molar-refractivity contribution < 1.29 is 9.90 Å². The van der Waals surface area contributed by atoms with E-state index in [1.807, 2.05) is 18.2 Å². The minimum absolute atomic E-state index is 0.188. The summed E-state index contributed by atoms with van der Waals surface area (Å²) in [5, 5.41) is 10.4. The predicted molar refractivity (Wildman–Crippen MR) is 84.0 cm³/mol. The van der Waals surface area contributed by atoms with Crippen LogP contribution in [0.2, 0.25) is 0 Å². The highest BCUT2D eigenvalue weighted by atomic mass is 32.1. The number of carbonyl (C=O) groups is 1. The maximum absolute atomic E-state index is 11.4. The van der Waals surface area contributed by atoms with Crippen LogP contribution in [0.1, 0.15) is 53.7 Å². The lowest BCUT2D eigenvalue weighted by atomic mass is 9.85. The number of aliphatic carboxylic acids is 1. The normalized spacial score (nSPS) is 18.3. The van der Waals surface area contributed by atoms with Gasteiger partial charge in [0, 0.05) is 10.3 Å². The highest BCUT2D eigenvalue weighted by molar-refractivity contribution is 7.12. The van der Waals surface area contributed by atoms with Crippen LogP contribution in [-0.4, -0.2) is 16.1 Å². The van der Waals surface area contributed by atoms with Crippen LogP contribution < -0.4 is 0 Å². The fourth-order valence-corrected chi connectivity index (χ4v) is 4.19. The topological polar surface area (TPSA) is 50.2 Å². The predicted octanol–water partition coefficient (Wildman–Crippen LogP) is 3.97. The van der Waals surface area contributed by atoms with Gasteiger partial charge in [0.1, 0.15) is 5.01 Å². The van der Waals surface area contributed by atoms with Crippen LogP contribution in [-0.2, 0) is 16.6 Å². The van der Waals surface area contributed by atoms with Crippen molar-refractivity contribution in [1.29, 1.82) is 0 Å². The molecule has 1 aromatic carbocycles. The fourth-order valence-electron chi connectivity index (χ4n) is 2.90. The van der Waals surface area contributed by atoms with Crippen molar-refractivity contribution in [2.75, 3.05) is 0 Å². The summed E-state index contributed by atoms with van der Waals surface area (Å²) >= 11 is 1.68. The summed E-state index contributed by atoms with van der Waals surface area (Å²) in [5.41, 5.74) is 1.83. The lowest BCUT2D eigenvalue weighted by Crippen LogP contribution is -2.20. The van der Waals surface area contributed by atoms with Gasteiger partial charge in [-0.15, -0.1) is 11.3 Å². The Labute approximate surface area is 128 Å². The summed E-state index contributed by atoms with van der Waals surface area (Å²) in [5.74, 6) is -1.17. The molecule has 0 aliphatic heterocycles. The van der Waals surface area contributed by atoms with Crippen LogP contribution in [0.15, 0.2) is 30.3 Å². The maximum atomic E-state index is 11.4. The van der Waals surface area contributed by atoms with Crippen LogP contribution in [0.5, 0.6) is 0 Å². The zero-order valence-corrected chi connectivity index (χ0v) is 13.1. The Kier molecular flexibility index (Phi) is 3.57. The average molecular weight is 301 g/mol. The molecule has 1 heterocycles. The maximum Gasteiger partial charge on any atom is 0.312 e. The Hall–Kier alpha value is -1.68. The van der Waals surface area contributed by atoms with E-state index < -0.39 is 11.9 Å². The Morgan fingerprint density at radius 2 is 2.05 bits per heavy atom. The van der Waals surface area contributed by atoms with E-state index in [0.29, 0.717) is 6.42 Å². The van der Waals surface area contributed by atoms with E-state index in [1.165, 1.54) is 5.56 Å². The van der Waals surface area contributed by atoms with Gasteiger partial charge in [0.25, 0.3) is 0 Å². The standard InChI is InChI=1S/C17H19NO2S/c1-17(2,11-7-4-3-5-8-11)16-18-14-12(15(19)20)9-6-10-13(14)21-16/h3-5,7-8,12H,6,9-10H2,1-2H3,(H,19,20). The van der Waals surface area contributed by atoms with E-state index in [1.54, 1.807) is 11.3 Å². The average Bonchev–Trinajstić information content (AvgIpc) is 2.92. The number of aryl methyl sites for hydroxylation is 1. The van der Waals surface area contributed by atoms with Gasteiger partial charge in [0.05, 0.1) is 11.6 Å². The first-order chi connectivity index (χ1) is 10.00. The number of benzene rings is 1. The molecule has 0 saturated heterocycles. The molecule has 0 radical (unpaired) electrons. The fraction of sp³-hybridized carbons (Fsp3) is 0.412. The van der Waals surface area contributed by atoms with E-state index in [9.17, 15) is 9.90 Å². The van der Waals surface area contributed by atoms with Crippen molar-refractivity contribution in [1.82, 2.24) is 4.98 Å². The highest BCUT2D eigenvalue weighted by Crippen LogP contribution is 2.40. The zero-order valence-electron chi connectivity index (χ0n) is 12.3. The third-order valence-electron chi connectivity index (χ3n) is 4.28. The van der Waals surface area contributed by atoms with Crippen LogP contribution in [0.3, 0.4) is 0 Å². The zero-order chi connectivity index (χ0) is 15.0. The van der Waals surface area contributed by atoms with Crippen LogP contribution in [0, 0.1) is 0 Å². The molecule has 0 fully saturated rings. The molecular weight excluding hydrogens is 282 g/mol. The van der Waals surface area contributed by atoms with Gasteiger partial charge in [0.15, 0.2) is 0 Å². The molecule has 1 aliphatic carbocycles. The first kappa shape index (κ1) is 14.3. The molecule has 1 unspecified atom stereocenters. The van der Waals surface area contributed by atoms with Crippen molar-refractivity contribution in [2.24, 2.45) is 0 Å². The number of fused-ring (bicyclic) bond motifs is 1. The number of nitrogens with zero attached hydrogens (tertiary/aromatic N) is 1. The van der Waals surface area contributed by atoms with Gasteiger partial charge in [-0.1, -0.05) is 30.3 Å². The Balaban J connectivity index is 2.03. The van der Waals surface area contributed by atoms with Crippen molar-refractivity contribution in [3.63, 3.8) is 0 Å². The summed E-state index contributed by atoms with van der Waals surface area (Å²) in [6.07, 6.45) is 2.61. The molecule has 0 bridgehead atoms. The number of rotatable bonds is 3. The minimum Gasteiger partial charge on any atom is -0.481 e. The second-order valence-corrected chi connectivity index (χ2v) is 7.19. The van der Waals surface area contributed by atoms with Gasteiger partial charge < -0.3 is 5.11 Å². The second-order valence-electron chi connectivity index (χ2n) is 6.10. The molecule has 0 amide bonds. The molecule has 0 saturated carbocycles. The van der Waals surface area contributed by atoms with E-state index in [0.717, 1.165) is 28.4 Å². The quantitative estimate of drug-likeness (QED) is 0.933. The summed E-state index contributed by atoms with van der Waals surface area (Å²) in [6.45, 7) is 4.31. The second kappa shape index (κ2) is 5.26. The van der Waals surface area contributed by atoms with Crippen LogP contribution >= 0.6 is 11.3 Å². The molecule has 110 valence electrons. The van der Waals surface area contributed by atoms with Gasteiger partial charge in [-0.3, -0.25) is 4.79 Å². The molecular formula is C17H19NO2S. The minimum atomic E-state index is -0.745. The van der Waals surface area contributed by atoms with Crippen molar-refractivity contribution in [2.45, 2.75) is 44.4 Å². The summed E-state index contributed by atoms with van der Waals surface area (Å²) in [6, 6.07) is 10.3.